The Morgan fingerprint density at radius 2 is 1.71 bits per heavy atom. The summed E-state index contributed by atoms with van der Waals surface area (Å²) in [5.74, 6) is -1.84. The van der Waals surface area contributed by atoms with E-state index in [1.807, 2.05) is 0 Å². The van der Waals surface area contributed by atoms with Gasteiger partial charge in [-0.25, -0.2) is 8.42 Å². The van der Waals surface area contributed by atoms with Crippen molar-refractivity contribution >= 4 is 27.5 Å². The average Bonchev–Trinajstić information content (AvgIpc) is 2.36. The number of hydrogen-bond acceptors (Lipinski definition) is 6. The van der Waals surface area contributed by atoms with Crippen molar-refractivity contribution in [2.45, 2.75) is 4.90 Å². The van der Waals surface area contributed by atoms with Crippen LogP contribution >= 0.6 is 0 Å². The van der Waals surface area contributed by atoms with E-state index < -0.39 is 34.9 Å². The van der Waals surface area contributed by atoms with E-state index in [0.29, 0.717) is 4.31 Å². The Balaban J connectivity index is 3.37. The van der Waals surface area contributed by atoms with Gasteiger partial charge in [-0.2, -0.15) is 4.31 Å². The number of nitrogens with zero attached hydrogens (tertiary/aromatic N) is 1. The molecule has 6 N–H and O–H groups in total. The summed E-state index contributed by atoms with van der Waals surface area (Å²) in [6.07, 6.45) is 0. The van der Waals surface area contributed by atoms with Crippen LogP contribution in [0.15, 0.2) is 23.1 Å². The normalized spacial score (nSPS) is 11.3. The Bertz CT molecular complexity index is 643. The quantitative estimate of drug-likeness (QED) is 0.505. The molecular formula is C11H16N4O5S. The molecule has 0 unspecified atom stereocenters. The molecule has 0 saturated heterocycles. The molecule has 21 heavy (non-hydrogen) atoms. The predicted molar refractivity (Wildman–Crippen MR) is 74.6 cm³/mol. The average molecular weight is 316 g/mol. The number of amides is 2. The predicted octanol–water partition coefficient (Wildman–Crippen LogP) is -1.76. The number of ether oxygens (including phenoxy) is 1. The number of nitrogen functional groups attached to an aromatic ring is 1. The number of methoxy groups -OCH3 is 1. The zero-order valence-corrected chi connectivity index (χ0v) is 12.1. The van der Waals surface area contributed by atoms with Crippen molar-refractivity contribution in [1.29, 1.82) is 0 Å². The maximum absolute atomic E-state index is 12.5. The SMILES string of the molecule is COc1ccc(N)cc1S(=O)(=O)N(CC(N)=O)CC(N)=O. The molecule has 0 aliphatic heterocycles. The van der Waals surface area contributed by atoms with Crippen LogP contribution in [-0.4, -0.2) is 44.7 Å². The van der Waals surface area contributed by atoms with Crippen molar-refractivity contribution in [3.8, 4) is 5.75 Å². The summed E-state index contributed by atoms with van der Waals surface area (Å²) >= 11 is 0. The number of nitrogens with two attached hydrogens (primary N) is 3. The van der Waals surface area contributed by atoms with Gasteiger partial charge in [-0.15, -0.1) is 0 Å². The number of benzene rings is 1. The number of anilines is 1. The van der Waals surface area contributed by atoms with Gasteiger partial charge in [0.25, 0.3) is 0 Å². The maximum Gasteiger partial charge on any atom is 0.247 e. The van der Waals surface area contributed by atoms with E-state index in [1.54, 1.807) is 0 Å². The van der Waals surface area contributed by atoms with Crippen LogP contribution in [0.4, 0.5) is 5.69 Å². The van der Waals surface area contributed by atoms with E-state index in [2.05, 4.69) is 0 Å². The Kier molecular flexibility index (Phi) is 5.11. The first-order valence-corrected chi connectivity index (χ1v) is 7.12. The summed E-state index contributed by atoms with van der Waals surface area (Å²) in [6, 6.07) is 3.96. The summed E-state index contributed by atoms with van der Waals surface area (Å²) < 4.78 is 30.5. The molecule has 0 heterocycles. The second kappa shape index (κ2) is 6.41. The molecule has 0 saturated carbocycles. The fraction of sp³-hybridized carbons (Fsp3) is 0.273. The van der Waals surface area contributed by atoms with Gasteiger partial charge >= 0.3 is 0 Å². The van der Waals surface area contributed by atoms with E-state index in [0.717, 1.165) is 6.07 Å². The molecule has 1 aromatic rings. The number of primary amides is 2. The van der Waals surface area contributed by atoms with Crippen LogP contribution in [0.25, 0.3) is 0 Å². The topological polar surface area (TPSA) is 159 Å². The highest BCUT2D eigenvalue weighted by molar-refractivity contribution is 7.89. The summed E-state index contributed by atoms with van der Waals surface area (Å²) in [6.45, 7) is -1.38. The van der Waals surface area contributed by atoms with E-state index in [1.165, 1.54) is 19.2 Å². The zero-order valence-electron chi connectivity index (χ0n) is 11.3. The van der Waals surface area contributed by atoms with Gasteiger partial charge in [0.05, 0.1) is 20.2 Å². The smallest absolute Gasteiger partial charge is 0.247 e. The van der Waals surface area contributed by atoms with Crippen molar-refractivity contribution in [2.24, 2.45) is 11.5 Å². The standard InChI is InChI=1S/C11H16N4O5S/c1-20-8-3-2-7(12)4-9(8)21(18,19)15(5-10(13)16)6-11(14)17/h2-4H,5-6,12H2,1H3,(H2,13,16)(H2,14,17). The molecule has 116 valence electrons. The third-order valence-corrected chi connectivity index (χ3v) is 4.28. The highest BCUT2D eigenvalue weighted by atomic mass is 32.2. The second-order valence-corrected chi connectivity index (χ2v) is 6.02. The van der Waals surface area contributed by atoms with Crippen LogP contribution in [0.5, 0.6) is 5.75 Å². The molecule has 0 atom stereocenters. The fourth-order valence-corrected chi connectivity index (χ4v) is 3.17. The van der Waals surface area contributed by atoms with Crippen LogP contribution < -0.4 is 21.9 Å². The summed E-state index contributed by atoms with van der Waals surface area (Å²) in [4.78, 5) is 21.7. The molecular weight excluding hydrogens is 300 g/mol. The molecule has 0 aliphatic rings. The van der Waals surface area contributed by atoms with Crippen molar-refractivity contribution in [3.05, 3.63) is 18.2 Å². The van der Waals surface area contributed by atoms with Crippen molar-refractivity contribution in [3.63, 3.8) is 0 Å². The third-order valence-electron chi connectivity index (χ3n) is 2.47. The van der Waals surface area contributed by atoms with E-state index in [4.69, 9.17) is 21.9 Å². The summed E-state index contributed by atoms with van der Waals surface area (Å²) in [7, 11) is -2.95. The molecule has 10 heteroatoms. The minimum absolute atomic E-state index is 0.0168. The van der Waals surface area contributed by atoms with Gasteiger partial charge in [-0.1, -0.05) is 0 Å². The lowest BCUT2D eigenvalue weighted by atomic mass is 10.3. The van der Waals surface area contributed by atoms with Gasteiger partial charge in [-0.3, -0.25) is 9.59 Å². The lowest BCUT2D eigenvalue weighted by molar-refractivity contribution is -0.120. The Labute approximate surface area is 121 Å². The Morgan fingerprint density at radius 3 is 2.14 bits per heavy atom. The molecule has 0 aromatic heterocycles. The number of rotatable bonds is 7. The molecule has 0 aliphatic carbocycles. The maximum atomic E-state index is 12.5. The molecule has 2 amide bonds. The van der Waals surface area contributed by atoms with E-state index in [9.17, 15) is 18.0 Å². The van der Waals surface area contributed by atoms with Crippen LogP contribution in [0.2, 0.25) is 0 Å². The first-order valence-electron chi connectivity index (χ1n) is 5.68. The number of hydrogen-bond donors (Lipinski definition) is 3. The number of sulfonamides is 1. The van der Waals surface area contributed by atoms with Crippen LogP contribution in [0.1, 0.15) is 0 Å². The third kappa shape index (κ3) is 4.07. The van der Waals surface area contributed by atoms with E-state index >= 15 is 0 Å². The van der Waals surface area contributed by atoms with Crippen molar-refractivity contribution in [2.75, 3.05) is 25.9 Å². The zero-order chi connectivity index (χ0) is 16.2. The van der Waals surface area contributed by atoms with Gasteiger partial charge in [-0.05, 0) is 18.2 Å². The van der Waals surface area contributed by atoms with Gasteiger partial charge < -0.3 is 21.9 Å². The fourth-order valence-electron chi connectivity index (χ4n) is 1.61. The number of carbonyl (C=O) groups excluding carboxylic acids is 2. The Hall–Kier alpha value is -2.33. The van der Waals surface area contributed by atoms with Gasteiger partial charge in [0.1, 0.15) is 10.6 Å². The van der Waals surface area contributed by atoms with E-state index in [-0.39, 0.29) is 16.3 Å². The second-order valence-electron chi connectivity index (χ2n) is 4.12. The lowest BCUT2D eigenvalue weighted by Gasteiger charge is -2.20. The summed E-state index contributed by atoms with van der Waals surface area (Å²) in [5.41, 5.74) is 15.7. The van der Waals surface area contributed by atoms with Crippen molar-refractivity contribution < 1.29 is 22.7 Å². The minimum Gasteiger partial charge on any atom is -0.495 e. The van der Waals surface area contributed by atoms with Gasteiger partial charge in [0.15, 0.2) is 0 Å². The Morgan fingerprint density at radius 1 is 1.19 bits per heavy atom. The largest absolute Gasteiger partial charge is 0.495 e. The molecule has 0 bridgehead atoms. The minimum atomic E-state index is -4.23. The van der Waals surface area contributed by atoms with Crippen LogP contribution in [0, 0.1) is 0 Å². The molecule has 0 spiro atoms. The molecule has 0 radical (unpaired) electrons. The van der Waals surface area contributed by atoms with Crippen molar-refractivity contribution in [1.82, 2.24) is 4.31 Å². The van der Waals surface area contributed by atoms with Gasteiger partial charge in [0, 0.05) is 5.69 Å². The first kappa shape index (κ1) is 16.7. The molecule has 9 nitrogen and oxygen atoms in total. The summed E-state index contributed by atoms with van der Waals surface area (Å²) in [5, 5.41) is 0. The highest BCUT2D eigenvalue weighted by Crippen LogP contribution is 2.28. The van der Waals surface area contributed by atoms with Crippen LogP contribution in [0.3, 0.4) is 0 Å². The number of carbonyl (C=O) groups is 2. The monoisotopic (exact) mass is 316 g/mol. The molecule has 1 rings (SSSR count). The molecule has 0 fully saturated rings. The first-order chi connectivity index (χ1) is 9.68. The van der Waals surface area contributed by atoms with Crippen LogP contribution in [-0.2, 0) is 19.6 Å². The van der Waals surface area contributed by atoms with Gasteiger partial charge in [0.2, 0.25) is 21.8 Å². The molecule has 1 aromatic carbocycles. The lowest BCUT2D eigenvalue weighted by Crippen LogP contribution is -2.43. The highest BCUT2D eigenvalue weighted by Gasteiger charge is 2.30.